The minimum absolute atomic E-state index is 0.110. The van der Waals surface area contributed by atoms with Crippen LogP contribution in [-0.4, -0.2) is 10.5 Å². The van der Waals surface area contributed by atoms with Crippen LogP contribution in [0, 0.1) is 6.92 Å². The summed E-state index contributed by atoms with van der Waals surface area (Å²) in [4.78, 5) is 13.7. The number of hydrogen-bond acceptors (Lipinski definition) is 2. The van der Waals surface area contributed by atoms with E-state index in [9.17, 15) is 4.79 Å². The molecule has 27 heavy (non-hydrogen) atoms. The van der Waals surface area contributed by atoms with Gasteiger partial charge >= 0.3 is 0 Å². The Morgan fingerprint density at radius 2 is 1.81 bits per heavy atom. The topological polar surface area (TPSA) is 34.0 Å². The van der Waals surface area contributed by atoms with Crippen molar-refractivity contribution < 1.29 is 4.79 Å². The number of nitrogens with zero attached hydrogens (tertiary/aromatic N) is 1. The number of anilines is 1. The minimum Gasteiger partial charge on any atom is -0.322 e. The molecule has 4 rings (SSSR count). The van der Waals surface area contributed by atoms with E-state index in [0.717, 1.165) is 27.0 Å². The summed E-state index contributed by atoms with van der Waals surface area (Å²) in [6, 6.07) is 19.9. The van der Waals surface area contributed by atoms with Crippen LogP contribution in [0.2, 0.25) is 0 Å². The first-order valence-corrected chi connectivity index (χ1v) is 10.2. The number of carbonyl (C=O) groups is 1. The molecule has 0 aliphatic carbocycles. The van der Waals surface area contributed by atoms with E-state index in [1.165, 1.54) is 16.9 Å². The summed E-state index contributed by atoms with van der Waals surface area (Å²) >= 11 is 4.90. The highest BCUT2D eigenvalue weighted by molar-refractivity contribution is 9.10. The number of hydrogen-bond donors (Lipinski definition) is 1. The fourth-order valence-corrected chi connectivity index (χ4v) is 4.39. The number of aromatic nitrogens is 1. The molecule has 0 atom stereocenters. The molecule has 0 saturated heterocycles. The van der Waals surface area contributed by atoms with Gasteiger partial charge in [-0.3, -0.25) is 4.79 Å². The Morgan fingerprint density at radius 3 is 2.56 bits per heavy atom. The molecule has 0 radical (unpaired) electrons. The fraction of sp³-hybridized carbons (Fsp3) is 0.0455. The SMILES string of the molecule is Cc1cccc(-c2csc(C(=O)Nc3cccc(Br)c3)c2-n2cccc2)c1. The van der Waals surface area contributed by atoms with E-state index in [-0.39, 0.29) is 5.91 Å². The van der Waals surface area contributed by atoms with Gasteiger partial charge in [0.25, 0.3) is 5.91 Å². The van der Waals surface area contributed by atoms with E-state index >= 15 is 0 Å². The average molecular weight is 437 g/mol. The number of aryl methyl sites for hydroxylation is 1. The monoisotopic (exact) mass is 436 g/mol. The van der Waals surface area contributed by atoms with Crippen molar-refractivity contribution in [3.05, 3.63) is 93.4 Å². The van der Waals surface area contributed by atoms with Gasteiger partial charge in [-0.05, 0) is 42.8 Å². The molecule has 0 bridgehead atoms. The molecule has 0 fully saturated rings. The lowest BCUT2D eigenvalue weighted by atomic mass is 10.0. The third-order valence-corrected chi connectivity index (χ3v) is 5.71. The van der Waals surface area contributed by atoms with Gasteiger partial charge in [0.2, 0.25) is 0 Å². The lowest BCUT2D eigenvalue weighted by Gasteiger charge is -2.11. The number of rotatable bonds is 4. The molecule has 0 aliphatic heterocycles. The lowest BCUT2D eigenvalue weighted by molar-refractivity contribution is 0.103. The van der Waals surface area contributed by atoms with Crippen LogP contribution in [0.3, 0.4) is 0 Å². The summed E-state index contributed by atoms with van der Waals surface area (Å²) in [6.07, 6.45) is 3.94. The molecule has 0 spiro atoms. The zero-order valence-corrected chi connectivity index (χ0v) is 17.0. The molecular formula is C22H17BrN2OS. The Kier molecular flexibility index (Phi) is 4.97. The maximum atomic E-state index is 13.0. The zero-order valence-electron chi connectivity index (χ0n) is 14.6. The highest BCUT2D eigenvalue weighted by atomic mass is 79.9. The van der Waals surface area contributed by atoms with Crippen molar-refractivity contribution in [1.29, 1.82) is 0 Å². The minimum atomic E-state index is -0.110. The highest BCUT2D eigenvalue weighted by Crippen LogP contribution is 2.36. The molecular weight excluding hydrogens is 420 g/mol. The summed E-state index contributed by atoms with van der Waals surface area (Å²) in [5.41, 5.74) is 5.02. The molecule has 2 aromatic heterocycles. The Balaban J connectivity index is 1.78. The molecule has 4 aromatic rings. The van der Waals surface area contributed by atoms with Crippen LogP contribution in [0.25, 0.3) is 16.8 Å². The normalized spacial score (nSPS) is 10.7. The van der Waals surface area contributed by atoms with Gasteiger partial charge in [0.05, 0.1) is 5.69 Å². The first-order valence-electron chi connectivity index (χ1n) is 8.50. The molecule has 134 valence electrons. The number of benzene rings is 2. The summed E-state index contributed by atoms with van der Waals surface area (Å²) in [6.45, 7) is 2.08. The largest absolute Gasteiger partial charge is 0.322 e. The van der Waals surface area contributed by atoms with E-state index in [0.29, 0.717) is 4.88 Å². The van der Waals surface area contributed by atoms with Crippen LogP contribution < -0.4 is 5.32 Å². The highest BCUT2D eigenvalue weighted by Gasteiger charge is 2.20. The molecule has 2 aromatic carbocycles. The third-order valence-electron chi connectivity index (χ3n) is 4.25. The van der Waals surface area contributed by atoms with Gasteiger partial charge in [-0.25, -0.2) is 0 Å². The van der Waals surface area contributed by atoms with Crippen LogP contribution in [0.1, 0.15) is 15.2 Å². The van der Waals surface area contributed by atoms with Crippen LogP contribution in [-0.2, 0) is 0 Å². The predicted octanol–water partition coefficient (Wildman–Crippen LogP) is 6.53. The molecule has 0 saturated carbocycles. The van der Waals surface area contributed by atoms with E-state index < -0.39 is 0 Å². The second-order valence-corrected chi connectivity index (χ2v) is 8.05. The van der Waals surface area contributed by atoms with Crippen molar-refractivity contribution in [2.75, 3.05) is 5.32 Å². The van der Waals surface area contributed by atoms with Gasteiger partial charge in [0, 0.05) is 33.5 Å². The molecule has 3 nitrogen and oxygen atoms in total. The second kappa shape index (κ2) is 7.55. The maximum Gasteiger partial charge on any atom is 0.267 e. The van der Waals surface area contributed by atoms with Crippen molar-refractivity contribution in [2.45, 2.75) is 6.92 Å². The number of nitrogens with one attached hydrogen (secondary N) is 1. The van der Waals surface area contributed by atoms with Gasteiger partial charge in [-0.2, -0.15) is 0 Å². The van der Waals surface area contributed by atoms with Crippen molar-refractivity contribution in [2.24, 2.45) is 0 Å². The summed E-state index contributed by atoms with van der Waals surface area (Å²) < 4.78 is 2.93. The van der Waals surface area contributed by atoms with Crippen molar-refractivity contribution in [1.82, 2.24) is 4.57 Å². The van der Waals surface area contributed by atoms with Gasteiger partial charge in [0.1, 0.15) is 4.88 Å². The summed E-state index contributed by atoms with van der Waals surface area (Å²) in [5, 5.41) is 5.06. The molecule has 0 unspecified atom stereocenters. The van der Waals surface area contributed by atoms with Crippen molar-refractivity contribution in [3.63, 3.8) is 0 Å². The molecule has 2 heterocycles. The van der Waals surface area contributed by atoms with Crippen LogP contribution in [0.4, 0.5) is 5.69 Å². The number of thiophene rings is 1. The maximum absolute atomic E-state index is 13.0. The van der Waals surface area contributed by atoms with Crippen molar-refractivity contribution >= 4 is 38.9 Å². The van der Waals surface area contributed by atoms with E-state index in [4.69, 9.17) is 0 Å². The number of carbonyl (C=O) groups excluding carboxylic acids is 1. The molecule has 1 amide bonds. The lowest BCUT2D eigenvalue weighted by Crippen LogP contribution is -2.12. The molecule has 1 N–H and O–H groups in total. The zero-order chi connectivity index (χ0) is 18.8. The first-order chi connectivity index (χ1) is 13.1. The molecule has 5 heteroatoms. The van der Waals surface area contributed by atoms with Gasteiger partial charge in [0.15, 0.2) is 0 Å². The van der Waals surface area contributed by atoms with E-state index in [2.05, 4.69) is 51.7 Å². The van der Waals surface area contributed by atoms with E-state index in [1.54, 1.807) is 0 Å². The second-order valence-electron chi connectivity index (χ2n) is 6.25. The third kappa shape index (κ3) is 3.75. The Labute approximate surface area is 170 Å². The molecule has 0 aliphatic rings. The Bertz CT molecular complexity index is 1100. The van der Waals surface area contributed by atoms with Gasteiger partial charge < -0.3 is 9.88 Å². The Hall–Kier alpha value is -2.63. The fourth-order valence-electron chi connectivity index (χ4n) is 3.02. The van der Waals surface area contributed by atoms with Gasteiger partial charge in [-0.15, -0.1) is 11.3 Å². The average Bonchev–Trinajstić information content (AvgIpc) is 3.31. The van der Waals surface area contributed by atoms with Gasteiger partial charge in [-0.1, -0.05) is 51.8 Å². The van der Waals surface area contributed by atoms with E-state index in [1.807, 2.05) is 59.4 Å². The van der Waals surface area contributed by atoms with Crippen LogP contribution in [0.15, 0.2) is 82.9 Å². The smallest absolute Gasteiger partial charge is 0.267 e. The summed E-state index contributed by atoms with van der Waals surface area (Å²) in [7, 11) is 0. The van der Waals surface area contributed by atoms with Crippen LogP contribution in [0.5, 0.6) is 0 Å². The number of amides is 1. The van der Waals surface area contributed by atoms with Crippen molar-refractivity contribution in [3.8, 4) is 16.8 Å². The Morgan fingerprint density at radius 1 is 1.04 bits per heavy atom. The first kappa shape index (κ1) is 17.8. The predicted molar refractivity (Wildman–Crippen MR) is 116 cm³/mol. The number of halogens is 1. The van der Waals surface area contributed by atoms with Crippen LogP contribution >= 0.6 is 27.3 Å². The quantitative estimate of drug-likeness (QED) is 0.387. The standard InChI is InChI=1S/C22H17BrN2OS/c1-15-6-4-7-16(12-15)19-14-27-21(20(19)25-10-2-3-11-25)22(26)24-18-9-5-8-17(23)13-18/h2-14H,1H3,(H,24,26). The summed E-state index contributed by atoms with van der Waals surface area (Å²) in [5.74, 6) is -0.110.